The summed E-state index contributed by atoms with van der Waals surface area (Å²) in [5.41, 5.74) is 1.78. The van der Waals surface area contributed by atoms with Gasteiger partial charge < -0.3 is 9.64 Å². The number of hydrogen-bond acceptors (Lipinski definition) is 4. The van der Waals surface area contributed by atoms with Gasteiger partial charge in [-0.2, -0.15) is 0 Å². The van der Waals surface area contributed by atoms with Crippen LogP contribution in [0.15, 0.2) is 22.7 Å². The van der Waals surface area contributed by atoms with E-state index in [9.17, 15) is 4.79 Å². The van der Waals surface area contributed by atoms with Gasteiger partial charge in [-0.25, -0.2) is 4.79 Å². The lowest BCUT2D eigenvalue weighted by Crippen LogP contribution is -2.31. The van der Waals surface area contributed by atoms with E-state index in [4.69, 9.17) is 4.74 Å². The highest BCUT2D eigenvalue weighted by Gasteiger charge is 2.24. The molecule has 1 aromatic carbocycles. The van der Waals surface area contributed by atoms with Crippen molar-refractivity contribution < 1.29 is 9.53 Å². The van der Waals surface area contributed by atoms with E-state index in [0.717, 1.165) is 24.1 Å². The third-order valence-corrected chi connectivity index (χ3v) is 4.58. The SMILES string of the molecule is COC(=O)c1ccc(CN2CCC(N(C)C)C2)c(Br)c1. The summed E-state index contributed by atoms with van der Waals surface area (Å²) in [6.07, 6.45) is 1.21. The summed E-state index contributed by atoms with van der Waals surface area (Å²) in [4.78, 5) is 16.2. The Hall–Kier alpha value is -0.910. The van der Waals surface area contributed by atoms with Gasteiger partial charge in [-0.1, -0.05) is 22.0 Å². The Morgan fingerprint density at radius 3 is 2.80 bits per heavy atom. The van der Waals surface area contributed by atoms with Crippen molar-refractivity contribution in [2.75, 3.05) is 34.3 Å². The molecule has 0 bridgehead atoms. The number of likely N-dealkylation sites (N-methyl/N-ethyl adjacent to an activating group) is 1. The van der Waals surface area contributed by atoms with Gasteiger partial charge in [0.05, 0.1) is 12.7 Å². The van der Waals surface area contributed by atoms with Gasteiger partial charge in [0.1, 0.15) is 0 Å². The van der Waals surface area contributed by atoms with Crippen molar-refractivity contribution in [1.29, 1.82) is 0 Å². The molecular formula is C15H21BrN2O2. The highest BCUT2D eigenvalue weighted by molar-refractivity contribution is 9.10. The van der Waals surface area contributed by atoms with Crippen molar-refractivity contribution in [3.05, 3.63) is 33.8 Å². The molecule has 0 amide bonds. The van der Waals surface area contributed by atoms with Crippen molar-refractivity contribution in [1.82, 2.24) is 9.80 Å². The fourth-order valence-corrected chi connectivity index (χ4v) is 3.04. The number of carbonyl (C=O) groups excluding carboxylic acids is 1. The van der Waals surface area contributed by atoms with Gasteiger partial charge in [-0.05, 0) is 38.2 Å². The molecule has 0 saturated carbocycles. The summed E-state index contributed by atoms with van der Waals surface area (Å²) in [5, 5.41) is 0. The van der Waals surface area contributed by atoms with Crippen LogP contribution in [0.4, 0.5) is 0 Å². The predicted molar refractivity (Wildman–Crippen MR) is 82.9 cm³/mol. The van der Waals surface area contributed by atoms with Crippen LogP contribution in [-0.4, -0.2) is 56.1 Å². The molecule has 1 unspecified atom stereocenters. The molecule has 5 heteroatoms. The first-order valence-electron chi connectivity index (χ1n) is 6.76. The van der Waals surface area contributed by atoms with Crippen LogP contribution in [0.1, 0.15) is 22.3 Å². The second kappa shape index (κ2) is 6.70. The maximum absolute atomic E-state index is 11.5. The number of halogens is 1. The molecule has 0 spiro atoms. The van der Waals surface area contributed by atoms with Crippen LogP contribution in [-0.2, 0) is 11.3 Å². The number of esters is 1. The van der Waals surface area contributed by atoms with E-state index in [1.807, 2.05) is 18.2 Å². The Balaban J connectivity index is 2.02. The maximum atomic E-state index is 11.5. The van der Waals surface area contributed by atoms with Crippen molar-refractivity contribution in [2.24, 2.45) is 0 Å². The molecule has 2 rings (SSSR count). The smallest absolute Gasteiger partial charge is 0.337 e. The first-order chi connectivity index (χ1) is 9.51. The zero-order chi connectivity index (χ0) is 14.7. The third-order valence-electron chi connectivity index (χ3n) is 3.85. The molecule has 1 aromatic rings. The Labute approximate surface area is 128 Å². The first kappa shape index (κ1) is 15.5. The normalized spacial score (nSPS) is 19.6. The van der Waals surface area contributed by atoms with Gasteiger partial charge in [-0.3, -0.25) is 4.90 Å². The lowest BCUT2D eigenvalue weighted by atomic mass is 10.1. The fraction of sp³-hybridized carbons (Fsp3) is 0.533. The largest absolute Gasteiger partial charge is 0.465 e. The molecule has 1 saturated heterocycles. The molecule has 110 valence electrons. The highest BCUT2D eigenvalue weighted by atomic mass is 79.9. The summed E-state index contributed by atoms with van der Waals surface area (Å²) in [7, 11) is 5.67. The van der Waals surface area contributed by atoms with E-state index < -0.39 is 0 Å². The van der Waals surface area contributed by atoms with E-state index >= 15 is 0 Å². The van der Waals surface area contributed by atoms with Crippen molar-refractivity contribution in [2.45, 2.75) is 19.0 Å². The molecule has 1 fully saturated rings. The molecule has 0 aromatic heterocycles. The summed E-state index contributed by atoms with van der Waals surface area (Å²) >= 11 is 3.55. The van der Waals surface area contributed by atoms with E-state index in [1.165, 1.54) is 19.1 Å². The summed E-state index contributed by atoms with van der Waals surface area (Å²) in [5.74, 6) is -0.300. The number of carbonyl (C=O) groups is 1. The predicted octanol–water partition coefficient (Wildman–Crippen LogP) is 2.37. The minimum atomic E-state index is -0.300. The monoisotopic (exact) mass is 340 g/mol. The van der Waals surface area contributed by atoms with E-state index in [2.05, 4.69) is 39.8 Å². The van der Waals surface area contributed by atoms with Crippen molar-refractivity contribution >= 4 is 21.9 Å². The third kappa shape index (κ3) is 3.59. The Kier molecular flexibility index (Phi) is 5.18. The fourth-order valence-electron chi connectivity index (χ4n) is 2.54. The number of benzene rings is 1. The van der Waals surface area contributed by atoms with Gasteiger partial charge in [0, 0.05) is 30.1 Å². The Morgan fingerprint density at radius 2 is 2.25 bits per heavy atom. The molecule has 1 aliphatic heterocycles. The van der Waals surface area contributed by atoms with Gasteiger partial charge in [0.25, 0.3) is 0 Å². The number of likely N-dealkylation sites (tertiary alicyclic amines) is 1. The summed E-state index contributed by atoms with van der Waals surface area (Å²) in [6.45, 7) is 3.12. The van der Waals surface area contributed by atoms with Crippen LogP contribution < -0.4 is 0 Å². The second-order valence-electron chi connectivity index (χ2n) is 5.44. The standard InChI is InChI=1S/C15H21BrN2O2/c1-17(2)13-6-7-18(10-13)9-12-5-4-11(8-14(12)16)15(19)20-3/h4-5,8,13H,6-7,9-10H2,1-3H3. The quantitative estimate of drug-likeness (QED) is 0.788. The first-order valence-corrected chi connectivity index (χ1v) is 7.56. The molecule has 4 nitrogen and oxygen atoms in total. The second-order valence-corrected chi connectivity index (χ2v) is 6.29. The lowest BCUT2D eigenvalue weighted by Gasteiger charge is -2.20. The number of rotatable bonds is 4. The van der Waals surface area contributed by atoms with Gasteiger partial charge in [0.2, 0.25) is 0 Å². The molecule has 20 heavy (non-hydrogen) atoms. The molecule has 0 aliphatic carbocycles. The number of nitrogens with zero attached hydrogens (tertiary/aromatic N) is 2. The molecule has 1 atom stereocenters. The van der Waals surface area contributed by atoms with Crippen LogP contribution in [0.3, 0.4) is 0 Å². The number of methoxy groups -OCH3 is 1. The zero-order valence-electron chi connectivity index (χ0n) is 12.2. The van der Waals surface area contributed by atoms with Gasteiger partial charge in [0.15, 0.2) is 0 Å². The lowest BCUT2D eigenvalue weighted by molar-refractivity contribution is 0.0600. The van der Waals surface area contributed by atoms with E-state index in [0.29, 0.717) is 11.6 Å². The average molecular weight is 341 g/mol. The Morgan fingerprint density at radius 1 is 1.50 bits per heavy atom. The minimum Gasteiger partial charge on any atom is -0.465 e. The highest BCUT2D eigenvalue weighted by Crippen LogP contribution is 2.23. The van der Waals surface area contributed by atoms with E-state index in [-0.39, 0.29) is 5.97 Å². The molecule has 1 aliphatic rings. The molecule has 0 radical (unpaired) electrons. The number of ether oxygens (including phenoxy) is 1. The molecular weight excluding hydrogens is 320 g/mol. The Bertz CT molecular complexity index is 491. The van der Waals surface area contributed by atoms with E-state index in [1.54, 1.807) is 0 Å². The zero-order valence-corrected chi connectivity index (χ0v) is 13.8. The van der Waals surface area contributed by atoms with Gasteiger partial charge in [-0.15, -0.1) is 0 Å². The molecule has 1 heterocycles. The maximum Gasteiger partial charge on any atom is 0.337 e. The van der Waals surface area contributed by atoms with Gasteiger partial charge >= 0.3 is 5.97 Å². The van der Waals surface area contributed by atoms with Crippen LogP contribution in [0.5, 0.6) is 0 Å². The minimum absolute atomic E-state index is 0.300. The van der Waals surface area contributed by atoms with Crippen LogP contribution >= 0.6 is 15.9 Å². The van der Waals surface area contributed by atoms with Crippen LogP contribution in [0.25, 0.3) is 0 Å². The number of hydrogen-bond donors (Lipinski definition) is 0. The van der Waals surface area contributed by atoms with Crippen molar-refractivity contribution in [3.8, 4) is 0 Å². The van der Waals surface area contributed by atoms with Crippen LogP contribution in [0, 0.1) is 0 Å². The van der Waals surface area contributed by atoms with Crippen LogP contribution in [0.2, 0.25) is 0 Å². The summed E-state index contributed by atoms with van der Waals surface area (Å²) in [6, 6.07) is 6.30. The van der Waals surface area contributed by atoms with Crippen molar-refractivity contribution in [3.63, 3.8) is 0 Å². The topological polar surface area (TPSA) is 32.8 Å². The average Bonchev–Trinajstić information content (AvgIpc) is 2.89. The summed E-state index contributed by atoms with van der Waals surface area (Å²) < 4.78 is 5.70. The molecule has 0 N–H and O–H groups in total.